The summed E-state index contributed by atoms with van der Waals surface area (Å²) in [7, 11) is 0. The van der Waals surface area contributed by atoms with E-state index in [1.807, 2.05) is 0 Å². The molecule has 0 aliphatic rings. The van der Waals surface area contributed by atoms with E-state index in [9.17, 15) is 8.78 Å². The molecule has 0 aliphatic heterocycles. The van der Waals surface area contributed by atoms with Crippen molar-refractivity contribution in [1.82, 2.24) is 10.2 Å². The first kappa shape index (κ1) is 13.8. The van der Waals surface area contributed by atoms with Gasteiger partial charge in [0.25, 0.3) is 0 Å². The summed E-state index contributed by atoms with van der Waals surface area (Å²) in [5.41, 5.74) is 7.07. The monoisotopic (exact) mass is 349 g/mol. The minimum Gasteiger partial charge on any atom is -0.382 e. The molecule has 0 fully saturated rings. The SMILES string of the molecule is Nc1n[nH]c(-c2cccc(Br)c2F)c1-c1ccccc1F. The number of aromatic nitrogens is 2. The van der Waals surface area contributed by atoms with Crippen molar-refractivity contribution in [3.63, 3.8) is 0 Å². The van der Waals surface area contributed by atoms with Crippen LogP contribution >= 0.6 is 15.9 Å². The number of hydrogen-bond acceptors (Lipinski definition) is 2. The molecule has 3 N–H and O–H groups in total. The molecule has 1 aromatic heterocycles. The minimum absolute atomic E-state index is 0.120. The fourth-order valence-electron chi connectivity index (χ4n) is 2.18. The van der Waals surface area contributed by atoms with Gasteiger partial charge in [0.15, 0.2) is 5.82 Å². The van der Waals surface area contributed by atoms with Crippen LogP contribution in [0.2, 0.25) is 0 Å². The molecule has 0 bridgehead atoms. The fourth-order valence-corrected chi connectivity index (χ4v) is 2.55. The van der Waals surface area contributed by atoms with Gasteiger partial charge in [0.2, 0.25) is 0 Å². The number of nitrogens with two attached hydrogens (primary N) is 1. The number of nitrogens with one attached hydrogen (secondary N) is 1. The summed E-state index contributed by atoms with van der Waals surface area (Å²) in [6.07, 6.45) is 0. The molecule has 6 heteroatoms. The van der Waals surface area contributed by atoms with Gasteiger partial charge in [-0.1, -0.05) is 24.3 Å². The number of nitrogens with zero attached hydrogens (tertiary/aromatic N) is 1. The van der Waals surface area contributed by atoms with Gasteiger partial charge in [-0.15, -0.1) is 0 Å². The Morgan fingerprint density at radius 1 is 1.00 bits per heavy atom. The summed E-state index contributed by atoms with van der Waals surface area (Å²) in [6.45, 7) is 0. The first-order chi connectivity index (χ1) is 10.1. The van der Waals surface area contributed by atoms with Gasteiger partial charge in [-0.2, -0.15) is 5.10 Å². The minimum atomic E-state index is -0.460. The van der Waals surface area contributed by atoms with Crippen LogP contribution in [0.25, 0.3) is 22.4 Å². The first-order valence-corrected chi connectivity index (χ1v) is 6.92. The van der Waals surface area contributed by atoms with E-state index in [1.165, 1.54) is 6.07 Å². The van der Waals surface area contributed by atoms with Gasteiger partial charge in [0, 0.05) is 11.1 Å². The topological polar surface area (TPSA) is 54.7 Å². The van der Waals surface area contributed by atoms with Crippen LogP contribution in [-0.2, 0) is 0 Å². The van der Waals surface area contributed by atoms with Gasteiger partial charge < -0.3 is 5.73 Å². The van der Waals surface area contributed by atoms with Crippen LogP contribution in [0.5, 0.6) is 0 Å². The number of benzene rings is 2. The second-order valence-corrected chi connectivity index (χ2v) is 5.29. The van der Waals surface area contributed by atoms with Crippen molar-refractivity contribution in [1.29, 1.82) is 0 Å². The van der Waals surface area contributed by atoms with Crippen LogP contribution in [0.3, 0.4) is 0 Å². The molecule has 0 saturated heterocycles. The molecule has 3 aromatic rings. The largest absolute Gasteiger partial charge is 0.382 e. The van der Waals surface area contributed by atoms with Crippen LogP contribution in [0.1, 0.15) is 0 Å². The number of halogens is 3. The van der Waals surface area contributed by atoms with Gasteiger partial charge in [0.1, 0.15) is 11.6 Å². The van der Waals surface area contributed by atoms with E-state index >= 15 is 0 Å². The number of anilines is 1. The number of H-pyrrole nitrogens is 1. The van der Waals surface area contributed by atoms with Crippen molar-refractivity contribution in [3.8, 4) is 22.4 Å². The second-order valence-electron chi connectivity index (χ2n) is 4.44. The molecule has 0 amide bonds. The van der Waals surface area contributed by atoms with Crippen LogP contribution in [0, 0.1) is 11.6 Å². The van der Waals surface area contributed by atoms with Crippen molar-refractivity contribution >= 4 is 21.7 Å². The molecule has 0 spiro atoms. The fraction of sp³-hybridized carbons (Fsp3) is 0. The third-order valence-corrected chi connectivity index (χ3v) is 3.77. The zero-order valence-electron chi connectivity index (χ0n) is 10.7. The lowest BCUT2D eigenvalue weighted by Crippen LogP contribution is -1.93. The van der Waals surface area contributed by atoms with Crippen LogP contribution in [0.15, 0.2) is 46.9 Å². The highest BCUT2D eigenvalue weighted by atomic mass is 79.9. The van der Waals surface area contributed by atoms with Gasteiger partial charge in [0.05, 0.1) is 15.7 Å². The Bertz CT molecular complexity index is 814. The highest BCUT2D eigenvalue weighted by molar-refractivity contribution is 9.10. The summed E-state index contributed by atoms with van der Waals surface area (Å²) in [5, 5.41) is 6.57. The first-order valence-electron chi connectivity index (χ1n) is 6.12. The van der Waals surface area contributed by atoms with Crippen molar-refractivity contribution < 1.29 is 8.78 Å². The normalized spacial score (nSPS) is 10.8. The smallest absolute Gasteiger partial charge is 0.153 e. The lowest BCUT2D eigenvalue weighted by Gasteiger charge is -2.07. The number of hydrogen-bond donors (Lipinski definition) is 2. The lowest BCUT2D eigenvalue weighted by molar-refractivity contribution is 0.623. The average Bonchev–Trinajstić information content (AvgIpc) is 2.84. The summed E-state index contributed by atoms with van der Waals surface area (Å²) in [6, 6.07) is 11.0. The van der Waals surface area contributed by atoms with E-state index in [0.717, 1.165) is 0 Å². The molecule has 0 radical (unpaired) electrons. The van der Waals surface area contributed by atoms with Crippen LogP contribution < -0.4 is 5.73 Å². The Labute approximate surface area is 127 Å². The maximum atomic E-state index is 14.3. The quantitative estimate of drug-likeness (QED) is 0.721. The van der Waals surface area contributed by atoms with Gasteiger partial charge >= 0.3 is 0 Å². The second kappa shape index (κ2) is 5.29. The molecule has 0 atom stereocenters. The van der Waals surface area contributed by atoms with Gasteiger partial charge in [-0.3, -0.25) is 5.10 Å². The molecular weight excluding hydrogens is 340 g/mol. The van der Waals surface area contributed by atoms with E-state index in [-0.39, 0.29) is 16.9 Å². The molecule has 0 saturated carbocycles. The van der Waals surface area contributed by atoms with Gasteiger partial charge in [-0.05, 0) is 34.1 Å². The highest BCUT2D eigenvalue weighted by Crippen LogP contribution is 2.38. The Balaban J connectivity index is 2.28. The molecule has 106 valence electrons. The lowest BCUT2D eigenvalue weighted by atomic mass is 10.00. The number of nitrogen functional groups attached to an aromatic ring is 1. The van der Waals surface area contributed by atoms with Crippen molar-refractivity contribution in [3.05, 3.63) is 58.6 Å². The summed E-state index contributed by atoms with van der Waals surface area (Å²) in [5.74, 6) is -0.782. The zero-order chi connectivity index (χ0) is 15.0. The van der Waals surface area contributed by atoms with E-state index in [1.54, 1.807) is 36.4 Å². The molecule has 0 aliphatic carbocycles. The summed E-state index contributed by atoms with van der Waals surface area (Å²) in [4.78, 5) is 0. The third-order valence-electron chi connectivity index (χ3n) is 3.16. The molecule has 0 unspecified atom stereocenters. The third kappa shape index (κ3) is 2.31. The van der Waals surface area contributed by atoms with E-state index in [2.05, 4.69) is 26.1 Å². The Morgan fingerprint density at radius 2 is 1.71 bits per heavy atom. The summed E-state index contributed by atoms with van der Waals surface area (Å²) < 4.78 is 28.6. The maximum Gasteiger partial charge on any atom is 0.153 e. The van der Waals surface area contributed by atoms with Gasteiger partial charge in [-0.25, -0.2) is 8.78 Å². The van der Waals surface area contributed by atoms with Crippen molar-refractivity contribution in [2.75, 3.05) is 5.73 Å². The van der Waals surface area contributed by atoms with Crippen molar-refractivity contribution in [2.45, 2.75) is 0 Å². The molecule has 3 rings (SSSR count). The average molecular weight is 350 g/mol. The highest BCUT2D eigenvalue weighted by Gasteiger charge is 2.20. The molecule has 3 nitrogen and oxygen atoms in total. The zero-order valence-corrected chi connectivity index (χ0v) is 12.3. The predicted molar refractivity (Wildman–Crippen MR) is 81.5 cm³/mol. The summed E-state index contributed by atoms with van der Waals surface area (Å²) >= 11 is 3.13. The van der Waals surface area contributed by atoms with E-state index < -0.39 is 11.6 Å². The van der Waals surface area contributed by atoms with E-state index in [4.69, 9.17) is 5.73 Å². The predicted octanol–water partition coefficient (Wildman–Crippen LogP) is 4.37. The Morgan fingerprint density at radius 3 is 2.48 bits per heavy atom. The Kier molecular flexibility index (Phi) is 3.47. The van der Waals surface area contributed by atoms with E-state index in [0.29, 0.717) is 15.7 Å². The standard InChI is InChI=1S/C15H10BrF2N3/c16-10-6-3-5-9(13(10)18)14-12(15(19)21-20-14)8-4-1-2-7-11(8)17/h1-7H,(H3,19,20,21). The molecular formula is C15H10BrF2N3. The molecule has 2 aromatic carbocycles. The number of rotatable bonds is 2. The maximum absolute atomic E-state index is 14.3. The number of aromatic amines is 1. The molecule has 21 heavy (non-hydrogen) atoms. The van der Waals surface area contributed by atoms with Crippen LogP contribution in [-0.4, -0.2) is 10.2 Å². The van der Waals surface area contributed by atoms with Crippen LogP contribution in [0.4, 0.5) is 14.6 Å². The molecule has 1 heterocycles. The Hall–Kier alpha value is -2.21. The van der Waals surface area contributed by atoms with Crippen molar-refractivity contribution in [2.24, 2.45) is 0 Å².